The van der Waals surface area contributed by atoms with Crippen molar-refractivity contribution in [2.45, 2.75) is 24.8 Å². The molecule has 0 atom stereocenters. The molecule has 6 heteroatoms. The Bertz CT molecular complexity index is 680. The molecule has 0 spiro atoms. The third kappa shape index (κ3) is 2.69. The molecule has 0 fully saturated rings. The first-order valence-electron chi connectivity index (χ1n) is 6.92. The summed E-state index contributed by atoms with van der Waals surface area (Å²) in [6.45, 7) is 3.63. The number of carbonyl (C=O) groups excluding carboxylic acids is 1. The predicted octanol–water partition coefficient (Wildman–Crippen LogP) is 2.34. The molecule has 1 aromatic carbocycles. The normalized spacial score (nSPS) is 13.8. The Morgan fingerprint density at radius 1 is 1.43 bits per heavy atom. The van der Waals surface area contributed by atoms with Crippen LogP contribution >= 0.6 is 11.8 Å². The lowest BCUT2D eigenvalue weighted by atomic mass is 10.1. The summed E-state index contributed by atoms with van der Waals surface area (Å²) in [4.78, 5) is 13.6. The summed E-state index contributed by atoms with van der Waals surface area (Å²) in [5, 5.41) is 13.4. The van der Waals surface area contributed by atoms with Gasteiger partial charge in [-0.1, -0.05) is 6.07 Å². The van der Waals surface area contributed by atoms with E-state index in [1.807, 2.05) is 25.3 Å². The topological polar surface area (TPSA) is 69.8 Å². The van der Waals surface area contributed by atoms with Crippen molar-refractivity contribution in [3.63, 3.8) is 0 Å². The number of thioether (sulfide) groups is 1. The van der Waals surface area contributed by atoms with Crippen molar-refractivity contribution in [3.8, 4) is 0 Å². The number of hydrogen-bond donors (Lipinski definition) is 3. The number of aromatic nitrogens is 2. The number of nitrogens with one attached hydrogen (secondary N) is 3. The maximum atomic E-state index is 12.5. The lowest BCUT2D eigenvalue weighted by molar-refractivity contribution is 0.102. The molecule has 5 nitrogen and oxygen atoms in total. The Balaban J connectivity index is 1.85. The van der Waals surface area contributed by atoms with Crippen molar-refractivity contribution in [2.75, 3.05) is 18.1 Å². The standard InChI is InChI=1S/C15H18N4OS/c1-9-11(4-3-5-13(9)21-2)17-15(20)14-10-8-16-7-6-12(10)18-19-14/h3-5,16H,6-8H2,1-2H3,(H,17,20)(H,18,19). The molecule has 1 amide bonds. The van der Waals surface area contributed by atoms with Crippen molar-refractivity contribution >= 4 is 23.4 Å². The van der Waals surface area contributed by atoms with Crippen molar-refractivity contribution in [1.82, 2.24) is 15.5 Å². The molecule has 0 radical (unpaired) electrons. The number of nitrogens with zero attached hydrogens (tertiary/aromatic N) is 1. The minimum Gasteiger partial charge on any atom is -0.320 e. The summed E-state index contributed by atoms with van der Waals surface area (Å²) in [7, 11) is 0. The van der Waals surface area contributed by atoms with Gasteiger partial charge in [0.1, 0.15) is 0 Å². The van der Waals surface area contributed by atoms with E-state index in [-0.39, 0.29) is 5.91 Å². The van der Waals surface area contributed by atoms with E-state index < -0.39 is 0 Å². The first-order chi connectivity index (χ1) is 10.2. The number of H-pyrrole nitrogens is 1. The second-order valence-electron chi connectivity index (χ2n) is 5.04. The lowest BCUT2D eigenvalue weighted by Crippen LogP contribution is -2.25. The minimum absolute atomic E-state index is 0.155. The maximum absolute atomic E-state index is 12.5. The highest BCUT2D eigenvalue weighted by molar-refractivity contribution is 7.98. The zero-order chi connectivity index (χ0) is 14.8. The number of amides is 1. The Labute approximate surface area is 127 Å². The molecule has 1 aromatic heterocycles. The number of carbonyl (C=O) groups is 1. The summed E-state index contributed by atoms with van der Waals surface area (Å²) >= 11 is 1.67. The van der Waals surface area contributed by atoms with Crippen LogP contribution in [0, 0.1) is 6.92 Å². The molecule has 21 heavy (non-hydrogen) atoms. The van der Waals surface area contributed by atoms with Crippen LogP contribution in [0.3, 0.4) is 0 Å². The number of hydrogen-bond acceptors (Lipinski definition) is 4. The molecular weight excluding hydrogens is 284 g/mol. The third-order valence-corrected chi connectivity index (χ3v) is 4.66. The lowest BCUT2D eigenvalue weighted by Gasteiger charge is -2.14. The van der Waals surface area contributed by atoms with E-state index in [2.05, 4.69) is 26.9 Å². The van der Waals surface area contributed by atoms with Crippen molar-refractivity contribution < 1.29 is 4.79 Å². The number of rotatable bonds is 3. The number of aromatic amines is 1. The molecule has 1 aliphatic rings. The Kier molecular flexibility index (Phi) is 3.98. The van der Waals surface area contributed by atoms with Gasteiger partial charge in [0.05, 0.1) is 0 Å². The molecule has 2 heterocycles. The van der Waals surface area contributed by atoms with E-state index in [1.165, 1.54) is 4.90 Å². The van der Waals surface area contributed by atoms with Crippen LogP contribution in [0.15, 0.2) is 23.1 Å². The van der Waals surface area contributed by atoms with Crippen LogP contribution in [0.5, 0.6) is 0 Å². The van der Waals surface area contributed by atoms with E-state index in [4.69, 9.17) is 0 Å². The molecule has 3 N–H and O–H groups in total. The predicted molar refractivity (Wildman–Crippen MR) is 84.9 cm³/mol. The Morgan fingerprint density at radius 3 is 3.10 bits per heavy atom. The van der Waals surface area contributed by atoms with Gasteiger partial charge in [-0.25, -0.2) is 0 Å². The molecule has 0 bridgehead atoms. The van der Waals surface area contributed by atoms with Gasteiger partial charge in [0, 0.05) is 41.4 Å². The summed E-state index contributed by atoms with van der Waals surface area (Å²) in [5.74, 6) is -0.155. The fourth-order valence-corrected chi connectivity index (χ4v) is 3.20. The van der Waals surface area contributed by atoms with Crippen LogP contribution in [-0.2, 0) is 13.0 Å². The average molecular weight is 302 g/mol. The van der Waals surface area contributed by atoms with E-state index >= 15 is 0 Å². The molecule has 0 aliphatic carbocycles. The van der Waals surface area contributed by atoms with Gasteiger partial charge in [0.25, 0.3) is 5.91 Å². The first-order valence-corrected chi connectivity index (χ1v) is 8.15. The van der Waals surface area contributed by atoms with Crippen LogP contribution in [-0.4, -0.2) is 28.9 Å². The van der Waals surface area contributed by atoms with E-state index in [1.54, 1.807) is 11.8 Å². The monoisotopic (exact) mass is 302 g/mol. The van der Waals surface area contributed by atoms with Gasteiger partial charge in [0.15, 0.2) is 5.69 Å². The largest absolute Gasteiger partial charge is 0.320 e. The van der Waals surface area contributed by atoms with Crippen LogP contribution in [0.4, 0.5) is 5.69 Å². The summed E-state index contributed by atoms with van der Waals surface area (Å²) in [5.41, 5.74) is 4.46. The Morgan fingerprint density at radius 2 is 2.29 bits per heavy atom. The van der Waals surface area contributed by atoms with Gasteiger partial charge in [-0.15, -0.1) is 11.8 Å². The van der Waals surface area contributed by atoms with Gasteiger partial charge in [0.2, 0.25) is 0 Å². The van der Waals surface area contributed by atoms with Crippen LogP contribution in [0.2, 0.25) is 0 Å². The highest BCUT2D eigenvalue weighted by Crippen LogP contribution is 2.26. The molecule has 1 aliphatic heterocycles. The van der Waals surface area contributed by atoms with Crippen molar-refractivity contribution in [2.24, 2.45) is 0 Å². The Hall–Kier alpha value is -1.79. The van der Waals surface area contributed by atoms with Crippen molar-refractivity contribution in [3.05, 3.63) is 40.7 Å². The molecular formula is C15H18N4OS. The minimum atomic E-state index is -0.155. The molecule has 2 aromatic rings. The van der Waals surface area contributed by atoms with Gasteiger partial charge >= 0.3 is 0 Å². The zero-order valence-electron chi connectivity index (χ0n) is 12.1. The highest BCUT2D eigenvalue weighted by atomic mass is 32.2. The van der Waals surface area contributed by atoms with Crippen LogP contribution in [0.1, 0.15) is 27.3 Å². The average Bonchev–Trinajstić information content (AvgIpc) is 2.93. The van der Waals surface area contributed by atoms with Gasteiger partial charge in [-0.3, -0.25) is 9.89 Å². The number of fused-ring (bicyclic) bond motifs is 1. The first kappa shape index (κ1) is 14.2. The summed E-state index contributed by atoms with van der Waals surface area (Å²) in [6, 6.07) is 5.93. The summed E-state index contributed by atoms with van der Waals surface area (Å²) < 4.78 is 0. The second-order valence-corrected chi connectivity index (χ2v) is 5.89. The van der Waals surface area contributed by atoms with E-state index in [0.29, 0.717) is 12.2 Å². The number of anilines is 1. The van der Waals surface area contributed by atoms with Gasteiger partial charge in [-0.2, -0.15) is 5.10 Å². The molecule has 0 unspecified atom stereocenters. The fraction of sp³-hybridized carbons (Fsp3) is 0.333. The van der Waals surface area contributed by atoms with Crippen LogP contribution < -0.4 is 10.6 Å². The third-order valence-electron chi connectivity index (χ3n) is 3.77. The number of benzene rings is 1. The molecule has 110 valence electrons. The smallest absolute Gasteiger partial charge is 0.276 e. The van der Waals surface area contributed by atoms with Gasteiger partial charge in [-0.05, 0) is 30.9 Å². The van der Waals surface area contributed by atoms with E-state index in [9.17, 15) is 4.79 Å². The zero-order valence-corrected chi connectivity index (χ0v) is 12.9. The highest BCUT2D eigenvalue weighted by Gasteiger charge is 2.22. The molecule has 0 saturated heterocycles. The second kappa shape index (κ2) is 5.91. The quantitative estimate of drug-likeness (QED) is 0.761. The van der Waals surface area contributed by atoms with Gasteiger partial charge < -0.3 is 10.6 Å². The van der Waals surface area contributed by atoms with Crippen molar-refractivity contribution in [1.29, 1.82) is 0 Å². The fourth-order valence-electron chi connectivity index (χ4n) is 2.57. The van der Waals surface area contributed by atoms with E-state index in [0.717, 1.165) is 35.5 Å². The summed E-state index contributed by atoms with van der Waals surface area (Å²) in [6.07, 6.45) is 2.92. The molecule has 3 rings (SSSR count). The SMILES string of the molecule is CSc1cccc(NC(=O)c2n[nH]c3c2CNCC3)c1C. The maximum Gasteiger partial charge on any atom is 0.276 e. The van der Waals surface area contributed by atoms with Crippen LogP contribution in [0.25, 0.3) is 0 Å². The molecule has 0 saturated carbocycles.